The van der Waals surface area contributed by atoms with Gasteiger partial charge in [0.2, 0.25) is 0 Å². The van der Waals surface area contributed by atoms with E-state index in [0.29, 0.717) is 0 Å². The van der Waals surface area contributed by atoms with Crippen molar-refractivity contribution in [1.82, 2.24) is 0 Å². The summed E-state index contributed by atoms with van der Waals surface area (Å²) in [6, 6.07) is 6.00. The van der Waals surface area contributed by atoms with Crippen LogP contribution in [0.2, 0.25) is 0 Å². The van der Waals surface area contributed by atoms with E-state index in [0.717, 1.165) is 12.1 Å². The highest BCUT2D eigenvalue weighted by Gasteiger charge is 1.95. The molecule has 1 aromatic carbocycles. The van der Waals surface area contributed by atoms with Gasteiger partial charge in [0.25, 0.3) is 0 Å². The highest BCUT2D eigenvalue weighted by atomic mass is 14.5. The van der Waals surface area contributed by atoms with Crippen molar-refractivity contribution in [2.24, 2.45) is 0 Å². The third-order valence-electron chi connectivity index (χ3n) is 1.98. The average molecular weight is 173 g/mol. The van der Waals surface area contributed by atoms with Crippen LogP contribution in [-0.2, 0) is 6.42 Å². The van der Waals surface area contributed by atoms with E-state index in [1.807, 2.05) is 18.2 Å². The second-order valence-electron chi connectivity index (χ2n) is 3.05. The molecule has 13 heavy (non-hydrogen) atoms. The molecule has 0 heterocycles. The van der Waals surface area contributed by atoms with Gasteiger partial charge in [-0.05, 0) is 36.6 Å². The number of hydrogen-bond acceptors (Lipinski definition) is 1. The van der Waals surface area contributed by atoms with Gasteiger partial charge < -0.3 is 5.73 Å². The van der Waals surface area contributed by atoms with Crippen molar-refractivity contribution in [1.29, 1.82) is 0 Å². The maximum absolute atomic E-state index is 5.65. The first-order valence-corrected chi connectivity index (χ1v) is 4.36. The van der Waals surface area contributed by atoms with Gasteiger partial charge >= 0.3 is 0 Å². The van der Waals surface area contributed by atoms with E-state index in [2.05, 4.69) is 25.6 Å². The van der Waals surface area contributed by atoms with Gasteiger partial charge in [-0.15, -0.1) is 0 Å². The Morgan fingerprint density at radius 2 is 2.23 bits per heavy atom. The molecule has 2 N–H and O–H groups in total. The Morgan fingerprint density at radius 1 is 1.46 bits per heavy atom. The number of nitrogen functional groups attached to an aromatic ring is 1. The quantitative estimate of drug-likeness (QED) is 0.552. The lowest BCUT2D eigenvalue weighted by atomic mass is 10.0. The molecule has 1 rings (SSSR count). The summed E-state index contributed by atoms with van der Waals surface area (Å²) in [5.41, 5.74) is 9.03. The maximum Gasteiger partial charge on any atom is 0.0316 e. The normalized spacial score (nSPS) is 10.5. The molecule has 0 atom stereocenters. The number of rotatable bonds is 3. The molecule has 0 saturated heterocycles. The predicted octanol–water partition coefficient (Wildman–Crippen LogP) is 2.86. The summed E-state index contributed by atoms with van der Waals surface area (Å²) in [6.07, 6.45) is 6.77. The van der Waals surface area contributed by atoms with Crippen LogP contribution in [-0.4, -0.2) is 0 Å². The minimum atomic E-state index is 0.828. The lowest BCUT2D eigenvalue weighted by molar-refractivity contribution is 1.21. The highest BCUT2D eigenvalue weighted by Crippen LogP contribution is 2.13. The number of hydrogen-bond donors (Lipinski definition) is 1. The fourth-order valence-corrected chi connectivity index (χ4v) is 1.24. The van der Waals surface area contributed by atoms with Gasteiger partial charge in [0.1, 0.15) is 0 Å². The fourth-order valence-electron chi connectivity index (χ4n) is 1.24. The summed E-state index contributed by atoms with van der Waals surface area (Å²) in [6.45, 7) is 5.70. The Morgan fingerprint density at radius 3 is 2.85 bits per heavy atom. The van der Waals surface area contributed by atoms with Crippen LogP contribution in [0.5, 0.6) is 0 Å². The molecule has 0 saturated carbocycles. The van der Waals surface area contributed by atoms with Crippen molar-refractivity contribution in [3.05, 3.63) is 54.1 Å². The Balaban J connectivity index is 2.77. The van der Waals surface area contributed by atoms with Gasteiger partial charge in [-0.3, -0.25) is 0 Å². The summed E-state index contributed by atoms with van der Waals surface area (Å²) in [4.78, 5) is 0. The van der Waals surface area contributed by atoms with Crippen LogP contribution in [0.25, 0.3) is 0 Å². The van der Waals surface area contributed by atoms with Crippen molar-refractivity contribution in [3.63, 3.8) is 0 Å². The van der Waals surface area contributed by atoms with E-state index in [9.17, 15) is 0 Å². The van der Waals surface area contributed by atoms with Crippen LogP contribution in [0.4, 0.5) is 5.69 Å². The zero-order valence-corrected chi connectivity index (χ0v) is 7.96. The number of benzene rings is 1. The molecule has 0 amide bonds. The number of anilines is 1. The van der Waals surface area contributed by atoms with Crippen LogP contribution in [0.1, 0.15) is 11.1 Å². The Bertz CT molecular complexity index is 324. The summed E-state index contributed by atoms with van der Waals surface area (Å²) >= 11 is 0. The van der Waals surface area contributed by atoms with Gasteiger partial charge in [0.15, 0.2) is 0 Å². The lowest BCUT2D eigenvalue weighted by Crippen LogP contribution is -1.90. The Hall–Kier alpha value is -1.50. The van der Waals surface area contributed by atoms with Crippen molar-refractivity contribution >= 4 is 5.69 Å². The van der Waals surface area contributed by atoms with E-state index < -0.39 is 0 Å². The molecule has 1 nitrogen and oxygen atoms in total. The third-order valence-corrected chi connectivity index (χ3v) is 1.98. The van der Waals surface area contributed by atoms with E-state index in [-0.39, 0.29) is 0 Å². The van der Waals surface area contributed by atoms with Crippen molar-refractivity contribution in [3.8, 4) is 0 Å². The molecule has 0 fully saturated rings. The molecule has 0 bridgehead atoms. The molecule has 1 aromatic rings. The Labute approximate surface area is 79.6 Å². The second-order valence-corrected chi connectivity index (χ2v) is 3.05. The topological polar surface area (TPSA) is 26.0 Å². The highest BCUT2D eigenvalue weighted by molar-refractivity contribution is 5.44. The van der Waals surface area contributed by atoms with E-state index >= 15 is 0 Å². The predicted molar refractivity (Wildman–Crippen MR) is 58.6 cm³/mol. The van der Waals surface area contributed by atoms with Crippen molar-refractivity contribution < 1.29 is 0 Å². The van der Waals surface area contributed by atoms with Gasteiger partial charge in [-0.25, -0.2) is 0 Å². The monoisotopic (exact) mass is 173 g/mol. The molecule has 0 aliphatic heterocycles. The molecule has 0 unspecified atom stereocenters. The molecule has 1 heteroatoms. The molecule has 0 aromatic heterocycles. The van der Waals surface area contributed by atoms with Gasteiger partial charge in [0.05, 0.1) is 0 Å². The zero-order chi connectivity index (χ0) is 9.68. The van der Waals surface area contributed by atoms with E-state index in [4.69, 9.17) is 5.73 Å². The smallest absolute Gasteiger partial charge is 0.0316 e. The van der Waals surface area contributed by atoms with Crippen molar-refractivity contribution in [2.75, 3.05) is 5.73 Å². The Kier molecular flexibility index (Phi) is 3.32. The minimum Gasteiger partial charge on any atom is -0.399 e. The van der Waals surface area contributed by atoms with Gasteiger partial charge in [-0.2, -0.15) is 0 Å². The van der Waals surface area contributed by atoms with Crippen LogP contribution in [0.15, 0.2) is 43.0 Å². The van der Waals surface area contributed by atoms with Gasteiger partial charge in [-0.1, -0.05) is 30.9 Å². The first-order valence-electron chi connectivity index (χ1n) is 4.36. The summed E-state index contributed by atoms with van der Waals surface area (Å²) < 4.78 is 0. The second kappa shape index (κ2) is 4.51. The molecule has 0 aliphatic carbocycles. The first-order chi connectivity index (χ1) is 6.24. The zero-order valence-electron chi connectivity index (χ0n) is 7.96. The SMILES string of the molecule is C=CC=CCc1ccc(N)cc1C. The van der Waals surface area contributed by atoms with Crippen LogP contribution >= 0.6 is 0 Å². The molecular formula is C12H15N. The lowest BCUT2D eigenvalue weighted by Gasteiger charge is -2.03. The average Bonchev–Trinajstić information content (AvgIpc) is 2.09. The summed E-state index contributed by atoms with van der Waals surface area (Å²) in [5, 5.41) is 0. The number of allylic oxidation sites excluding steroid dienone is 3. The van der Waals surface area contributed by atoms with Gasteiger partial charge in [0, 0.05) is 5.69 Å². The fraction of sp³-hybridized carbons (Fsp3) is 0.167. The van der Waals surface area contributed by atoms with Crippen molar-refractivity contribution in [2.45, 2.75) is 13.3 Å². The van der Waals surface area contributed by atoms with Crippen LogP contribution in [0, 0.1) is 6.92 Å². The molecular weight excluding hydrogens is 158 g/mol. The van der Waals surface area contributed by atoms with E-state index in [1.54, 1.807) is 6.08 Å². The first kappa shape index (κ1) is 9.59. The third kappa shape index (κ3) is 2.79. The summed E-state index contributed by atoms with van der Waals surface area (Å²) in [5.74, 6) is 0. The number of aryl methyl sites for hydroxylation is 1. The molecule has 0 spiro atoms. The number of nitrogens with two attached hydrogens (primary N) is 1. The largest absolute Gasteiger partial charge is 0.399 e. The van der Waals surface area contributed by atoms with E-state index in [1.165, 1.54) is 11.1 Å². The molecule has 68 valence electrons. The van der Waals surface area contributed by atoms with Crippen LogP contribution in [0.3, 0.4) is 0 Å². The maximum atomic E-state index is 5.65. The molecule has 0 aliphatic rings. The molecule has 0 radical (unpaired) electrons. The standard InChI is InChI=1S/C12H15N/c1-3-4-5-6-11-7-8-12(13)9-10(11)2/h3-5,7-9H,1,6,13H2,2H3. The minimum absolute atomic E-state index is 0.828. The van der Waals surface area contributed by atoms with Crippen LogP contribution < -0.4 is 5.73 Å². The summed E-state index contributed by atoms with van der Waals surface area (Å²) in [7, 11) is 0.